The smallest absolute Gasteiger partial charge is 0.305 e. The van der Waals surface area contributed by atoms with Crippen molar-refractivity contribution < 1.29 is 58.0 Å². The molecule has 9 aromatic rings. The average Bonchev–Trinajstić information content (AvgIpc) is 0.813. The van der Waals surface area contributed by atoms with Gasteiger partial charge in [-0.2, -0.15) is 0 Å². The first-order chi connectivity index (χ1) is 50.3. The van der Waals surface area contributed by atoms with Gasteiger partial charge in [-0.1, -0.05) is 129 Å². The van der Waals surface area contributed by atoms with Crippen LogP contribution < -0.4 is 31.8 Å². The number of carbonyl (C=O) groups excluding carboxylic acids is 4. The third-order valence-electron chi connectivity index (χ3n) is 18.0. The molecule has 0 saturated carbocycles. The number of amides is 3. The Morgan fingerprint density at radius 2 is 1.04 bits per heavy atom. The lowest BCUT2D eigenvalue weighted by molar-refractivity contribution is -0.139. The van der Waals surface area contributed by atoms with E-state index in [1.807, 2.05) is 115 Å². The van der Waals surface area contributed by atoms with Gasteiger partial charge >= 0.3 is 17.9 Å². The number of ketones is 1. The number of carboxylic acid groups (broad SMARTS) is 3. The van der Waals surface area contributed by atoms with Gasteiger partial charge in [0.15, 0.2) is 11.9 Å². The monoisotopic (exact) mass is 1500 g/mol. The fourth-order valence-electron chi connectivity index (χ4n) is 12.8. The summed E-state index contributed by atoms with van der Waals surface area (Å²) in [5.41, 5.74) is 10.5. The van der Waals surface area contributed by atoms with Crippen LogP contribution in [0, 0.1) is 52.3 Å². The molecular formula is C82H85Cl3FN7O13. The quantitative estimate of drug-likeness (QED) is 0.0310. The standard InChI is InChI=1S/C28H26ClNO5.C28H32FN3O4.C26H27Cl2N3O4/c1-16-6-3-4-9-21(16)18-7-5-8-19(12-18)24(15-27(32)33)30-26(31)14-23-22-13-20(29)10-11-25(22)35-17(2)28(23)34;1-16(2)9-24(32-15-22(29)19(5)10-25(32)33)28(36)31-23(12-26(34)35)20-11-21(14-30-13-20)27-17(3)7-6-8-18(27)4;1-15(2)9-22(31-8-7-16(3)10-23(31)32)26(35)30-21(12-24(33)34)17-11-18(14-29-13-17)25-19(27)5-4-6-20(25)28/h3-13,17,23-24H,14-15H2,1-2H3,(H,30,31)(H,32,33);6-8,10-11,13-16,23-24H,9,12H2,1-5H3,(H,31,36)(H,34,35);4-8,10-11,13-15,21-22H,9,12H2,1-3H3,(H,30,35)(H,33,34)/t17?,23?,24-;23-,24+;21-,22?/m001/s1. The van der Waals surface area contributed by atoms with Gasteiger partial charge in [0.1, 0.15) is 23.7 Å². The molecule has 20 nitrogen and oxygen atoms in total. The Morgan fingerprint density at radius 3 is 1.58 bits per heavy atom. The number of benzene rings is 5. The minimum absolute atomic E-state index is 0.0176. The molecule has 3 unspecified atom stereocenters. The van der Waals surface area contributed by atoms with Gasteiger partial charge in [0.2, 0.25) is 17.7 Å². The lowest BCUT2D eigenvalue weighted by Gasteiger charge is -2.29. The van der Waals surface area contributed by atoms with Gasteiger partial charge in [-0.3, -0.25) is 53.1 Å². The molecule has 4 aromatic heterocycles. The van der Waals surface area contributed by atoms with Gasteiger partial charge in [-0.15, -0.1) is 0 Å². The number of ether oxygens (including phenoxy) is 1. The van der Waals surface area contributed by atoms with E-state index in [4.69, 9.17) is 39.5 Å². The zero-order chi connectivity index (χ0) is 77.4. The van der Waals surface area contributed by atoms with Crippen molar-refractivity contribution >= 4 is 76.2 Å². The molecule has 0 spiro atoms. The number of nitrogens with zero attached hydrogens (tertiary/aromatic N) is 4. The number of carboxylic acids is 3. The van der Waals surface area contributed by atoms with Gasteiger partial charge < -0.3 is 45.1 Å². The first-order valence-corrected chi connectivity index (χ1v) is 35.6. The maximum Gasteiger partial charge on any atom is 0.305 e. The number of nitrogens with one attached hydrogen (secondary N) is 3. The lowest BCUT2D eigenvalue weighted by Crippen LogP contribution is -2.40. The molecule has 0 saturated heterocycles. The van der Waals surface area contributed by atoms with Crippen LogP contribution in [0.5, 0.6) is 5.75 Å². The van der Waals surface area contributed by atoms with Gasteiger partial charge in [0.05, 0.1) is 43.3 Å². The predicted molar refractivity (Wildman–Crippen MR) is 407 cm³/mol. The highest BCUT2D eigenvalue weighted by Crippen LogP contribution is 2.40. The number of rotatable bonds is 25. The molecule has 0 fully saturated rings. The number of hydrogen-bond acceptors (Lipinski definition) is 12. The van der Waals surface area contributed by atoms with E-state index in [0.29, 0.717) is 60.6 Å². The van der Waals surface area contributed by atoms with Crippen LogP contribution in [0.15, 0.2) is 180 Å². The number of hydrogen-bond donors (Lipinski definition) is 6. The van der Waals surface area contributed by atoms with Crippen molar-refractivity contribution in [1.82, 2.24) is 35.1 Å². The molecule has 1 aliphatic rings. The Bertz CT molecular complexity index is 4830. The molecule has 554 valence electrons. The Kier molecular flexibility index (Phi) is 28.2. The van der Waals surface area contributed by atoms with Crippen molar-refractivity contribution in [2.45, 2.75) is 150 Å². The molecule has 7 atom stereocenters. The molecule has 0 bridgehead atoms. The summed E-state index contributed by atoms with van der Waals surface area (Å²) in [5.74, 6) is -5.54. The second-order valence-electron chi connectivity index (χ2n) is 27.2. The van der Waals surface area contributed by atoms with Crippen LogP contribution in [-0.4, -0.2) is 81.9 Å². The van der Waals surface area contributed by atoms with Crippen molar-refractivity contribution in [3.8, 4) is 39.1 Å². The van der Waals surface area contributed by atoms with Crippen molar-refractivity contribution in [2.75, 3.05) is 0 Å². The Morgan fingerprint density at radius 1 is 0.538 bits per heavy atom. The van der Waals surface area contributed by atoms with Crippen molar-refractivity contribution in [3.05, 3.63) is 262 Å². The number of Topliss-reactive ketones (excluding diaryl/α,β-unsaturated/α-hetero) is 1. The molecule has 10 rings (SSSR count). The van der Waals surface area contributed by atoms with Crippen LogP contribution in [-0.2, 0) is 33.6 Å². The summed E-state index contributed by atoms with van der Waals surface area (Å²) in [6.07, 6.45) is 7.75. The summed E-state index contributed by atoms with van der Waals surface area (Å²) < 4.78 is 22.4. The van der Waals surface area contributed by atoms with Gasteiger partial charge in [-0.05, 0) is 182 Å². The molecule has 0 aliphatic carbocycles. The Balaban J connectivity index is 0.000000201. The van der Waals surface area contributed by atoms with E-state index in [-0.39, 0.29) is 60.8 Å². The summed E-state index contributed by atoms with van der Waals surface area (Å²) in [6.45, 7) is 18.6. The number of aryl methyl sites for hydroxylation is 5. The molecule has 6 N–H and O–H groups in total. The summed E-state index contributed by atoms with van der Waals surface area (Å²) in [7, 11) is 0. The fraction of sp³-hybridized carbons (Fsp3) is 0.305. The van der Waals surface area contributed by atoms with Crippen molar-refractivity contribution in [3.63, 3.8) is 0 Å². The number of fused-ring (bicyclic) bond motifs is 1. The Labute approximate surface area is 629 Å². The van der Waals surface area contributed by atoms with Gasteiger partial charge in [-0.25, -0.2) is 4.39 Å². The molecule has 3 amide bonds. The van der Waals surface area contributed by atoms with Crippen LogP contribution >= 0.6 is 34.8 Å². The highest BCUT2D eigenvalue weighted by Gasteiger charge is 2.37. The van der Waals surface area contributed by atoms with E-state index in [2.05, 4.69) is 25.9 Å². The lowest BCUT2D eigenvalue weighted by atomic mass is 9.86. The van der Waals surface area contributed by atoms with E-state index in [9.17, 15) is 62.9 Å². The maximum absolute atomic E-state index is 14.3. The van der Waals surface area contributed by atoms with Crippen molar-refractivity contribution in [2.24, 2.45) is 11.8 Å². The highest BCUT2D eigenvalue weighted by molar-refractivity contribution is 6.39. The minimum Gasteiger partial charge on any atom is -0.483 e. The number of aliphatic carboxylic acids is 3. The first-order valence-electron chi connectivity index (χ1n) is 34.5. The summed E-state index contributed by atoms with van der Waals surface area (Å²) in [4.78, 5) is 122. The molecule has 5 heterocycles. The topological polar surface area (TPSA) is 295 Å². The fourth-order valence-corrected chi connectivity index (χ4v) is 13.6. The Hall–Kier alpha value is -10.6. The maximum atomic E-state index is 14.3. The molecule has 24 heteroatoms. The number of aromatic nitrogens is 4. The van der Waals surface area contributed by atoms with Crippen LogP contribution in [0.1, 0.15) is 159 Å². The molecular weight excluding hydrogens is 1420 g/mol. The second-order valence-corrected chi connectivity index (χ2v) is 28.5. The molecule has 106 heavy (non-hydrogen) atoms. The van der Waals surface area contributed by atoms with Crippen molar-refractivity contribution in [1.29, 1.82) is 0 Å². The largest absolute Gasteiger partial charge is 0.483 e. The highest BCUT2D eigenvalue weighted by atomic mass is 35.5. The number of pyridine rings is 4. The van der Waals surface area contributed by atoms with Gasteiger partial charge in [0, 0.05) is 93.1 Å². The van der Waals surface area contributed by atoms with Gasteiger partial charge in [0.25, 0.3) is 11.1 Å². The third-order valence-corrected chi connectivity index (χ3v) is 18.8. The zero-order valence-corrected chi connectivity index (χ0v) is 62.6. The summed E-state index contributed by atoms with van der Waals surface area (Å²) >= 11 is 18.8. The van der Waals surface area contributed by atoms with Crippen LogP contribution in [0.2, 0.25) is 15.1 Å². The van der Waals surface area contributed by atoms with E-state index in [0.717, 1.165) is 61.3 Å². The van der Waals surface area contributed by atoms with Crippen LogP contribution in [0.3, 0.4) is 0 Å². The summed E-state index contributed by atoms with van der Waals surface area (Å²) in [6, 6.07) is 35.0. The van der Waals surface area contributed by atoms with E-state index < -0.39 is 89.2 Å². The summed E-state index contributed by atoms with van der Waals surface area (Å²) in [5, 5.41) is 38.4. The minimum atomic E-state index is -1.10. The molecule has 1 aliphatic heterocycles. The number of halogens is 4. The molecule has 0 radical (unpaired) electrons. The van der Waals surface area contributed by atoms with Crippen LogP contribution in [0.25, 0.3) is 33.4 Å². The SMILES string of the molecule is Cc1cc(=O)n([C@H](CC(C)C)C(=O)N[C@@H](CC(=O)O)c2cncc(-c3c(C)cccc3C)c2)cc1F.Cc1ccccc1-c1cccc([C@H](CC(=O)O)NC(=O)CC2C(=O)C(C)Oc3ccc(Cl)cc32)c1.Cc1ccn(C(CC(C)C)C(=O)N[C@H](CC(=O)O)c2cncc(-c3c(Cl)cccc3Cl)c2)c(=O)c1. The third kappa shape index (κ3) is 21.5. The predicted octanol–water partition coefficient (Wildman–Crippen LogP) is 15.8. The van der Waals surface area contributed by atoms with E-state index >= 15 is 0 Å². The van der Waals surface area contributed by atoms with E-state index in [1.54, 1.807) is 87.0 Å². The first kappa shape index (κ1) is 81.1. The zero-order valence-electron chi connectivity index (χ0n) is 60.3. The van der Waals surface area contributed by atoms with Crippen LogP contribution in [0.4, 0.5) is 4.39 Å². The second kappa shape index (κ2) is 36.9. The molecule has 5 aromatic carbocycles. The normalized spacial score (nSPS) is 14.5. The van der Waals surface area contributed by atoms with E-state index in [1.165, 1.54) is 30.0 Å². The average molecular weight is 1500 g/mol. The number of carbonyl (C=O) groups is 7.